The summed E-state index contributed by atoms with van der Waals surface area (Å²) in [5, 5.41) is 17.7. The third-order valence-electron chi connectivity index (χ3n) is 6.42. The lowest BCUT2D eigenvalue weighted by molar-refractivity contribution is 0.293. The van der Waals surface area contributed by atoms with Gasteiger partial charge in [0, 0.05) is 43.3 Å². The van der Waals surface area contributed by atoms with Crippen LogP contribution in [0, 0.1) is 5.82 Å². The monoisotopic (exact) mass is 460 g/mol. The zero-order chi connectivity index (χ0) is 23.8. The number of fused-ring (bicyclic) bond motifs is 1. The number of halogens is 1. The van der Waals surface area contributed by atoms with Crippen molar-refractivity contribution < 1.29 is 9.50 Å². The third-order valence-corrected chi connectivity index (χ3v) is 6.42. The van der Waals surface area contributed by atoms with Gasteiger partial charge in [-0.25, -0.2) is 9.37 Å². The van der Waals surface area contributed by atoms with Crippen molar-refractivity contribution in [2.45, 2.75) is 13.3 Å². The number of phenols is 1. The summed E-state index contributed by atoms with van der Waals surface area (Å²) < 4.78 is 15.5. The first-order valence-corrected chi connectivity index (χ1v) is 11.6. The summed E-state index contributed by atoms with van der Waals surface area (Å²) in [6.45, 7) is 5.80. The lowest BCUT2D eigenvalue weighted by Gasteiger charge is -2.18. The van der Waals surface area contributed by atoms with E-state index in [0.717, 1.165) is 43.0 Å². The molecule has 1 aliphatic rings. The number of aromatic hydroxyl groups is 1. The number of hydrogen-bond acceptors (Lipinski definition) is 5. The van der Waals surface area contributed by atoms with Crippen molar-refractivity contribution in [3.63, 3.8) is 0 Å². The Morgan fingerprint density at radius 1 is 1.18 bits per heavy atom. The van der Waals surface area contributed by atoms with E-state index < -0.39 is 0 Å². The van der Waals surface area contributed by atoms with Crippen LogP contribution in [0.2, 0.25) is 0 Å². The SMILES string of the molecule is CCc1cc(O)ccc1-c1ccc2c(-c3nc(C4=CCN(CCN(C)C)C4)c[nH]3)n[nH]c2c1F. The number of imidazole rings is 1. The van der Waals surface area contributed by atoms with E-state index in [1.165, 1.54) is 5.57 Å². The van der Waals surface area contributed by atoms with Gasteiger partial charge in [0.15, 0.2) is 11.6 Å². The first kappa shape index (κ1) is 22.3. The maximum Gasteiger partial charge on any atom is 0.159 e. The zero-order valence-corrected chi connectivity index (χ0v) is 19.7. The molecule has 3 N–H and O–H groups in total. The van der Waals surface area contributed by atoms with Gasteiger partial charge in [0.2, 0.25) is 0 Å². The Bertz CT molecular complexity index is 1370. The predicted octanol–water partition coefficient (Wildman–Crippen LogP) is 4.29. The molecule has 0 spiro atoms. The average molecular weight is 461 g/mol. The molecule has 0 aliphatic carbocycles. The van der Waals surface area contributed by atoms with Gasteiger partial charge in [-0.1, -0.05) is 25.1 Å². The number of aromatic nitrogens is 4. The van der Waals surface area contributed by atoms with Gasteiger partial charge in [-0.05, 0) is 55.4 Å². The molecule has 0 unspecified atom stereocenters. The molecule has 2 aromatic heterocycles. The van der Waals surface area contributed by atoms with Gasteiger partial charge in [-0.2, -0.15) is 5.10 Å². The number of rotatable bonds is 7. The molecule has 0 bridgehead atoms. The Labute approximate surface area is 197 Å². The maximum absolute atomic E-state index is 15.5. The van der Waals surface area contributed by atoms with Crippen LogP contribution >= 0.6 is 0 Å². The summed E-state index contributed by atoms with van der Waals surface area (Å²) >= 11 is 0. The van der Waals surface area contributed by atoms with Gasteiger partial charge in [-0.3, -0.25) is 10.00 Å². The highest BCUT2D eigenvalue weighted by molar-refractivity contribution is 5.95. The molecule has 2 aromatic carbocycles. The van der Waals surface area contributed by atoms with E-state index >= 15 is 4.39 Å². The fourth-order valence-corrected chi connectivity index (χ4v) is 4.49. The lowest BCUT2D eigenvalue weighted by atomic mass is 9.96. The molecule has 7 nitrogen and oxygen atoms in total. The van der Waals surface area contributed by atoms with Crippen molar-refractivity contribution in [2.75, 3.05) is 40.3 Å². The van der Waals surface area contributed by atoms with Crippen molar-refractivity contribution in [3.05, 3.63) is 59.7 Å². The highest BCUT2D eigenvalue weighted by Crippen LogP contribution is 2.35. The minimum Gasteiger partial charge on any atom is -0.508 e. The largest absolute Gasteiger partial charge is 0.508 e. The van der Waals surface area contributed by atoms with E-state index in [1.54, 1.807) is 24.3 Å². The average Bonchev–Trinajstić information content (AvgIpc) is 3.57. The molecule has 0 radical (unpaired) electrons. The number of likely N-dealkylation sites (N-methyl/N-ethyl adjacent to an activating group) is 1. The first-order chi connectivity index (χ1) is 16.4. The van der Waals surface area contributed by atoms with Crippen molar-refractivity contribution in [3.8, 4) is 28.4 Å². The topological polar surface area (TPSA) is 84.1 Å². The van der Waals surface area contributed by atoms with E-state index in [2.05, 4.69) is 45.2 Å². The van der Waals surface area contributed by atoms with Crippen LogP contribution in [-0.2, 0) is 6.42 Å². The molecule has 0 fully saturated rings. The number of nitrogens with one attached hydrogen (secondary N) is 2. The van der Waals surface area contributed by atoms with Crippen molar-refractivity contribution >= 4 is 16.5 Å². The highest BCUT2D eigenvalue weighted by atomic mass is 19.1. The molecule has 0 saturated carbocycles. The van der Waals surface area contributed by atoms with Crippen LogP contribution in [0.4, 0.5) is 4.39 Å². The predicted molar refractivity (Wildman–Crippen MR) is 133 cm³/mol. The van der Waals surface area contributed by atoms with Gasteiger partial charge < -0.3 is 15.0 Å². The van der Waals surface area contributed by atoms with Crippen molar-refractivity contribution in [1.29, 1.82) is 0 Å². The van der Waals surface area contributed by atoms with Crippen LogP contribution in [0.3, 0.4) is 0 Å². The third kappa shape index (κ3) is 4.10. The normalized spacial score (nSPS) is 14.4. The maximum atomic E-state index is 15.5. The zero-order valence-electron chi connectivity index (χ0n) is 19.7. The van der Waals surface area contributed by atoms with Gasteiger partial charge >= 0.3 is 0 Å². The van der Waals surface area contributed by atoms with Gasteiger partial charge in [0.1, 0.15) is 17.0 Å². The quantitative estimate of drug-likeness (QED) is 0.383. The molecule has 176 valence electrons. The van der Waals surface area contributed by atoms with E-state index in [4.69, 9.17) is 4.98 Å². The summed E-state index contributed by atoms with van der Waals surface area (Å²) in [4.78, 5) is 12.6. The second kappa shape index (κ2) is 9.04. The molecule has 8 heteroatoms. The fraction of sp³-hybridized carbons (Fsp3) is 0.308. The molecular formula is C26H29FN6O. The Morgan fingerprint density at radius 3 is 2.79 bits per heavy atom. The van der Waals surface area contributed by atoms with Crippen LogP contribution in [0.5, 0.6) is 5.75 Å². The molecule has 0 atom stereocenters. The molecule has 34 heavy (non-hydrogen) atoms. The molecule has 3 heterocycles. The summed E-state index contributed by atoms with van der Waals surface area (Å²) in [6, 6.07) is 8.67. The van der Waals surface area contributed by atoms with E-state index in [9.17, 15) is 5.11 Å². The molecule has 0 saturated heterocycles. The van der Waals surface area contributed by atoms with E-state index in [0.29, 0.717) is 34.4 Å². The fourth-order valence-electron chi connectivity index (χ4n) is 4.49. The number of phenolic OH excluding ortho intramolecular Hbond substituents is 1. The summed E-state index contributed by atoms with van der Waals surface area (Å²) in [5.74, 6) is 0.427. The van der Waals surface area contributed by atoms with E-state index in [1.807, 2.05) is 19.2 Å². The Hall–Kier alpha value is -3.49. The van der Waals surface area contributed by atoms with Gasteiger partial charge in [0.25, 0.3) is 0 Å². The van der Waals surface area contributed by atoms with Crippen LogP contribution in [-0.4, -0.2) is 75.3 Å². The van der Waals surface area contributed by atoms with Crippen LogP contribution in [0.15, 0.2) is 42.6 Å². The van der Waals surface area contributed by atoms with E-state index in [-0.39, 0.29) is 11.6 Å². The number of aromatic amines is 2. The number of aryl methyl sites for hydroxylation is 1. The smallest absolute Gasteiger partial charge is 0.159 e. The summed E-state index contributed by atoms with van der Waals surface area (Å²) in [5.41, 5.74) is 5.16. The van der Waals surface area contributed by atoms with Crippen molar-refractivity contribution in [2.24, 2.45) is 0 Å². The molecular weight excluding hydrogens is 431 g/mol. The van der Waals surface area contributed by atoms with Crippen LogP contribution < -0.4 is 0 Å². The molecule has 4 aromatic rings. The number of benzene rings is 2. The molecule has 0 amide bonds. The number of H-pyrrole nitrogens is 2. The second-order valence-corrected chi connectivity index (χ2v) is 9.02. The first-order valence-electron chi connectivity index (χ1n) is 11.6. The lowest BCUT2D eigenvalue weighted by Crippen LogP contribution is -2.30. The second-order valence-electron chi connectivity index (χ2n) is 9.02. The van der Waals surface area contributed by atoms with Crippen molar-refractivity contribution in [1.82, 2.24) is 30.0 Å². The van der Waals surface area contributed by atoms with Crippen LogP contribution in [0.1, 0.15) is 18.2 Å². The van der Waals surface area contributed by atoms with Gasteiger partial charge in [0.05, 0.1) is 5.69 Å². The Morgan fingerprint density at radius 2 is 2.00 bits per heavy atom. The Kier molecular flexibility index (Phi) is 5.93. The standard InChI is InChI=1S/C26H29FN6O/c1-4-16-13-18(34)5-6-19(16)20-7-8-21-24(23(20)27)30-31-25(21)26-28-14-22(29-26)17-9-10-33(15-17)12-11-32(2)3/h5-9,13-14,34H,4,10-12,15H2,1-3H3,(H,28,29)(H,30,31). The molecule has 5 rings (SSSR count). The summed E-state index contributed by atoms with van der Waals surface area (Å²) in [6.07, 6.45) is 4.80. The molecule has 1 aliphatic heterocycles. The van der Waals surface area contributed by atoms with Crippen LogP contribution in [0.25, 0.3) is 39.1 Å². The summed E-state index contributed by atoms with van der Waals surface area (Å²) in [7, 11) is 4.16. The number of nitrogens with zero attached hydrogens (tertiary/aromatic N) is 4. The minimum absolute atomic E-state index is 0.178. The Balaban J connectivity index is 1.42. The minimum atomic E-state index is -0.363. The van der Waals surface area contributed by atoms with Gasteiger partial charge in [-0.15, -0.1) is 0 Å². The highest BCUT2D eigenvalue weighted by Gasteiger charge is 2.21. The number of hydrogen-bond donors (Lipinski definition) is 3.